The number of nitrogens with zero attached hydrogens (tertiary/aromatic N) is 2. The highest BCUT2D eigenvalue weighted by atomic mass is 32.2. The number of nitrogens with one attached hydrogen (secondary N) is 1. The van der Waals surface area contributed by atoms with Gasteiger partial charge in [-0.15, -0.1) is 0 Å². The molecule has 7 heteroatoms. The summed E-state index contributed by atoms with van der Waals surface area (Å²) in [4.78, 5) is 14.1. The Kier molecular flexibility index (Phi) is 6.15. The summed E-state index contributed by atoms with van der Waals surface area (Å²) in [6.07, 6.45) is 2.13. The zero-order chi connectivity index (χ0) is 16.9. The van der Waals surface area contributed by atoms with Crippen molar-refractivity contribution in [1.29, 1.82) is 0 Å². The van der Waals surface area contributed by atoms with Crippen molar-refractivity contribution in [2.24, 2.45) is 0 Å². The molecule has 2 rings (SSSR count). The molecule has 0 radical (unpaired) electrons. The average Bonchev–Trinajstić information content (AvgIpc) is 3.08. The summed E-state index contributed by atoms with van der Waals surface area (Å²) < 4.78 is 28.1. The van der Waals surface area contributed by atoms with Gasteiger partial charge in [-0.25, -0.2) is 0 Å². The number of hydrogen-bond donors (Lipinski definition) is 1. The molecule has 6 nitrogen and oxygen atoms in total. The Balaban J connectivity index is 1.96. The van der Waals surface area contributed by atoms with E-state index < -0.39 is 10.2 Å². The third-order valence-corrected chi connectivity index (χ3v) is 5.80. The molecule has 1 aromatic rings. The standard InChI is InChI=1S/C16H25N3O3S/c1-3-19(4-2)23(21,22)17-13-14-7-9-15(10-8-14)16(20)18-11-5-6-12-18/h7-10,17H,3-6,11-13H2,1-2H3. The Morgan fingerprint density at radius 2 is 1.70 bits per heavy atom. The smallest absolute Gasteiger partial charge is 0.279 e. The number of amides is 1. The van der Waals surface area contributed by atoms with E-state index in [4.69, 9.17) is 0 Å². The minimum atomic E-state index is -3.45. The van der Waals surface area contributed by atoms with Crippen LogP contribution in [0, 0.1) is 0 Å². The van der Waals surface area contributed by atoms with E-state index in [1.54, 1.807) is 24.3 Å². The highest BCUT2D eigenvalue weighted by molar-refractivity contribution is 7.87. The number of likely N-dealkylation sites (tertiary alicyclic amines) is 1. The van der Waals surface area contributed by atoms with Gasteiger partial charge in [0.25, 0.3) is 16.1 Å². The Labute approximate surface area is 138 Å². The van der Waals surface area contributed by atoms with E-state index >= 15 is 0 Å². The lowest BCUT2D eigenvalue weighted by atomic mass is 10.1. The van der Waals surface area contributed by atoms with Crippen LogP contribution in [0.25, 0.3) is 0 Å². The monoisotopic (exact) mass is 339 g/mol. The first-order valence-electron chi connectivity index (χ1n) is 8.11. The summed E-state index contributed by atoms with van der Waals surface area (Å²) in [5.41, 5.74) is 1.49. The van der Waals surface area contributed by atoms with Crippen molar-refractivity contribution in [1.82, 2.24) is 13.9 Å². The van der Waals surface area contributed by atoms with Crippen LogP contribution in [0.4, 0.5) is 0 Å². The Hall–Kier alpha value is -1.44. The highest BCUT2D eigenvalue weighted by Crippen LogP contribution is 2.13. The van der Waals surface area contributed by atoms with Gasteiger partial charge in [0.2, 0.25) is 0 Å². The van der Waals surface area contributed by atoms with Crippen LogP contribution in [0.3, 0.4) is 0 Å². The number of hydrogen-bond acceptors (Lipinski definition) is 3. The van der Waals surface area contributed by atoms with Crippen LogP contribution in [-0.2, 0) is 16.8 Å². The lowest BCUT2D eigenvalue weighted by Gasteiger charge is -2.19. The highest BCUT2D eigenvalue weighted by Gasteiger charge is 2.20. The molecular formula is C16H25N3O3S. The Morgan fingerprint density at radius 3 is 2.22 bits per heavy atom. The predicted octanol–water partition coefficient (Wildman–Crippen LogP) is 1.60. The van der Waals surface area contributed by atoms with Crippen LogP contribution in [0.5, 0.6) is 0 Å². The van der Waals surface area contributed by atoms with Gasteiger partial charge in [-0.2, -0.15) is 17.4 Å². The number of rotatable bonds is 7. The minimum Gasteiger partial charge on any atom is -0.339 e. The molecule has 1 aromatic carbocycles. The first-order valence-corrected chi connectivity index (χ1v) is 9.55. The van der Waals surface area contributed by atoms with Crippen molar-refractivity contribution in [3.8, 4) is 0 Å². The van der Waals surface area contributed by atoms with Crippen molar-refractivity contribution in [3.05, 3.63) is 35.4 Å². The largest absolute Gasteiger partial charge is 0.339 e. The normalized spacial score (nSPS) is 15.3. The molecule has 0 spiro atoms. The number of carbonyl (C=O) groups is 1. The maximum Gasteiger partial charge on any atom is 0.279 e. The summed E-state index contributed by atoms with van der Waals surface area (Å²) in [5.74, 6) is 0.0535. The fourth-order valence-electron chi connectivity index (χ4n) is 2.70. The van der Waals surface area contributed by atoms with E-state index in [0.717, 1.165) is 31.5 Å². The third kappa shape index (κ3) is 4.53. The Bertz CT molecular complexity index is 618. The summed E-state index contributed by atoms with van der Waals surface area (Å²) in [6.45, 7) is 6.36. The second-order valence-electron chi connectivity index (χ2n) is 5.61. The summed E-state index contributed by atoms with van der Waals surface area (Å²) >= 11 is 0. The fourth-order valence-corrected chi connectivity index (χ4v) is 3.91. The van der Waals surface area contributed by atoms with Gasteiger partial charge in [-0.1, -0.05) is 26.0 Å². The van der Waals surface area contributed by atoms with Crippen molar-refractivity contribution >= 4 is 16.1 Å². The van der Waals surface area contributed by atoms with Crippen molar-refractivity contribution in [2.75, 3.05) is 26.2 Å². The summed E-state index contributed by atoms with van der Waals surface area (Å²) in [7, 11) is -3.45. The van der Waals surface area contributed by atoms with E-state index in [0.29, 0.717) is 18.7 Å². The van der Waals surface area contributed by atoms with Gasteiger partial charge >= 0.3 is 0 Å². The number of carbonyl (C=O) groups excluding carboxylic acids is 1. The van der Waals surface area contributed by atoms with E-state index in [9.17, 15) is 13.2 Å². The molecule has 0 atom stereocenters. The first-order chi connectivity index (χ1) is 11.0. The molecule has 0 aromatic heterocycles. The SMILES string of the molecule is CCN(CC)S(=O)(=O)NCc1ccc(C(=O)N2CCCC2)cc1. The summed E-state index contributed by atoms with van der Waals surface area (Å²) in [6, 6.07) is 7.13. The topological polar surface area (TPSA) is 69.7 Å². The van der Waals surface area contributed by atoms with Gasteiger partial charge in [0.1, 0.15) is 0 Å². The lowest BCUT2D eigenvalue weighted by Crippen LogP contribution is -2.40. The maximum atomic E-state index is 12.3. The van der Waals surface area contributed by atoms with Gasteiger partial charge in [0.05, 0.1) is 0 Å². The lowest BCUT2D eigenvalue weighted by molar-refractivity contribution is 0.0793. The van der Waals surface area contributed by atoms with Gasteiger partial charge in [0, 0.05) is 38.3 Å². The summed E-state index contributed by atoms with van der Waals surface area (Å²) in [5, 5.41) is 0. The van der Waals surface area contributed by atoms with E-state index in [1.165, 1.54) is 4.31 Å². The molecule has 1 saturated heterocycles. The molecule has 0 bridgehead atoms. The fraction of sp³-hybridized carbons (Fsp3) is 0.562. The molecule has 128 valence electrons. The van der Waals surface area contributed by atoms with Crippen molar-refractivity contribution in [3.63, 3.8) is 0 Å². The van der Waals surface area contributed by atoms with Crippen molar-refractivity contribution < 1.29 is 13.2 Å². The molecule has 1 aliphatic rings. The van der Waals surface area contributed by atoms with Crippen molar-refractivity contribution in [2.45, 2.75) is 33.2 Å². The molecule has 1 fully saturated rings. The number of benzene rings is 1. The third-order valence-electron chi connectivity index (χ3n) is 4.10. The maximum absolute atomic E-state index is 12.3. The average molecular weight is 339 g/mol. The molecule has 1 amide bonds. The van der Waals surface area contributed by atoms with Gasteiger partial charge in [-0.05, 0) is 30.5 Å². The van der Waals surface area contributed by atoms with Crippen LogP contribution in [0.1, 0.15) is 42.6 Å². The molecule has 0 aliphatic carbocycles. The predicted molar refractivity (Wildman–Crippen MR) is 90.3 cm³/mol. The molecule has 1 heterocycles. The molecule has 0 saturated carbocycles. The molecule has 23 heavy (non-hydrogen) atoms. The minimum absolute atomic E-state index is 0.0535. The molecule has 1 aliphatic heterocycles. The van der Waals surface area contributed by atoms with Crippen LogP contribution in [-0.4, -0.2) is 49.7 Å². The van der Waals surface area contributed by atoms with Crippen LogP contribution in [0.15, 0.2) is 24.3 Å². The van der Waals surface area contributed by atoms with Gasteiger partial charge in [-0.3, -0.25) is 4.79 Å². The van der Waals surface area contributed by atoms with E-state index in [-0.39, 0.29) is 12.5 Å². The second kappa shape index (κ2) is 7.90. The molecule has 0 unspecified atom stereocenters. The zero-order valence-electron chi connectivity index (χ0n) is 13.8. The quantitative estimate of drug-likeness (QED) is 0.820. The molecular weight excluding hydrogens is 314 g/mol. The second-order valence-corrected chi connectivity index (χ2v) is 7.36. The van der Waals surface area contributed by atoms with Gasteiger partial charge < -0.3 is 4.90 Å². The van der Waals surface area contributed by atoms with Crippen LogP contribution in [0.2, 0.25) is 0 Å². The van der Waals surface area contributed by atoms with Crippen LogP contribution >= 0.6 is 0 Å². The zero-order valence-corrected chi connectivity index (χ0v) is 14.6. The van der Waals surface area contributed by atoms with E-state index in [1.807, 2.05) is 18.7 Å². The van der Waals surface area contributed by atoms with Crippen LogP contribution < -0.4 is 4.72 Å². The Morgan fingerprint density at radius 1 is 1.13 bits per heavy atom. The first kappa shape index (κ1) is 17.9. The van der Waals surface area contributed by atoms with E-state index in [2.05, 4.69) is 4.72 Å². The van der Waals surface area contributed by atoms with Gasteiger partial charge in [0.15, 0.2) is 0 Å². The molecule has 1 N–H and O–H groups in total.